The van der Waals surface area contributed by atoms with Crippen molar-refractivity contribution in [1.82, 2.24) is 5.32 Å². The number of aryl methyl sites for hydroxylation is 1. The Kier molecular flexibility index (Phi) is 5.83. The Morgan fingerprint density at radius 1 is 1.21 bits per heavy atom. The summed E-state index contributed by atoms with van der Waals surface area (Å²) in [6.45, 7) is 9.16. The van der Waals surface area contributed by atoms with E-state index >= 15 is 0 Å². The summed E-state index contributed by atoms with van der Waals surface area (Å²) in [5, 5.41) is 3.21. The number of ether oxygens (including phenoxy) is 2. The quantitative estimate of drug-likeness (QED) is 0.656. The summed E-state index contributed by atoms with van der Waals surface area (Å²) < 4.78 is 9.98. The van der Waals surface area contributed by atoms with Gasteiger partial charge in [-0.25, -0.2) is 4.79 Å². The molecule has 4 nitrogen and oxygen atoms in total. The molecule has 106 valence electrons. The van der Waals surface area contributed by atoms with Crippen molar-refractivity contribution in [2.75, 3.05) is 13.2 Å². The van der Waals surface area contributed by atoms with Gasteiger partial charge in [0.15, 0.2) is 0 Å². The van der Waals surface area contributed by atoms with Crippen molar-refractivity contribution >= 4 is 6.16 Å². The van der Waals surface area contributed by atoms with Crippen LogP contribution in [0, 0.1) is 6.92 Å². The second kappa shape index (κ2) is 7.14. The molecule has 0 atom stereocenters. The Morgan fingerprint density at radius 3 is 2.42 bits per heavy atom. The SMILES string of the molecule is Cc1ccc(CNCCOC(=O)OC(C)(C)C)cc1. The van der Waals surface area contributed by atoms with E-state index in [4.69, 9.17) is 9.47 Å². The number of carbonyl (C=O) groups is 1. The highest BCUT2D eigenvalue weighted by Gasteiger charge is 2.16. The zero-order valence-corrected chi connectivity index (χ0v) is 12.2. The van der Waals surface area contributed by atoms with Gasteiger partial charge in [-0.15, -0.1) is 0 Å². The van der Waals surface area contributed by atoms with Gasteiger partial charge >= 0.3 is 6.16 Å². The van der Waals surface area contributed by atoms with E-state index in [-0.39, 0.29) is 0 Å². The monoisotopic (exact) mass is 265 g/mol. The minimum Gasteiger partial charge on any atom is -0.433 e. The van der Waals surface area contributed by atoms with Gasteiger partial charge in [0.1, 0.15) is 12.2 Å². The molecule has 0 unspecified atom stereocenters. The van der Waals surface area contributed by atoms with E-state index in [0.29, 0.717) is 13.2 Å². The fourth-order valence-electron chi connectivity index (χ4n) is 1.42. The lowest BCUT2D eigenvalue weighted by molar-refractivity contribution is -0.00660. The van der Waals surface area contributed by atoms with Crippen LogP contribution in [0.3, 0.4) is 0 Å². The number of carbonyl (C=O) groups excluding carboxylic acids is 1. The first-order chi connectivity index (χ1) is 8.87. The summed E-state index contributed by atoms with van der Waals surface area (Å²) in [7, 11) is 0. The molecule has 1 N–H and O–H groups in total. The molecule has 1 rings (SSSR count). The standard InChI is InChI=1S/C15H23NO3/c1-12-5-7-13(8-6-12)11-16-9-10-18-14(17)19-15(2,3)4/h5-8,16H,9-11H2,1-4H3. The molecule has 0 aliphatic heterocycles. The molecule has 0 heterocycles. The third kappa shape index (κ3) is 7.47. The summed E-state index contributed by atoms with van der Waals surface area (Å²) in [5.41, 5.74) is 1.95. The summed E-state index contributed by atoms with van der Waals surface area (Å²) >= 11 is 0. The van der Waals surface area contributed by atoms with Crippen molar-refractivity contribution in [3.05, 3.63) is 35.4 Å². The molecule has 0 aliphatic rings. The molecule has 0 spiro atoms. The largest absolute Gasteiger partial charge is 0.508 e. The van der Waals surface area contributed by atoms with Crippen molar-refractivity contribution in [2.45, 2.75) is 39.8 Å². The second-order valence-electron chi connectivity index (χ2n) is 5.48. The van der Waals surface area contributed by atoms with Crippen molar-refractivity contribution in [2.24, 2.45) is 0 Å². The Morgan fingerprint density at radius 2 is 1.84 bits per heavy atom. The van der Waals surface area contributed by atoms with E-state index in [0.717, 1.165) is 6.54 Å². The molecule has 0 radical (unpaired) electrons. The third-order valence-corrected chi connectivity index (χ3v) is 2.34. The highest BCUT2D eigenvalue weighted by Crippen LogP contribution is 2.07. The molecule has 0 saturated carbocycles. The lowest BCUT2D eigenvalue weighted by atomic mass is 10.1. The minimum absolute atomic E-state index is 0.306. The van der Waals surface area contributed by atoms with Gasteiger partial charge in [0, 0.05) is 13.1 Å². The van der Waals surface area contributed by atoms with E-state index in [1.807, 2.05) is 20.8 Å². The molecule has 1 aromatic rings. The van der Waals surface area contributed by atoms with E-state index < -0.39 is 11.8 Å². The maximum absolute atomic E-state index is 11.3. The lowest BCUT2D eigenvalue weighted by Crippen LogP contribution is -2.27. The molecule has 0 fully saturated rings. The summed E-state index contributed by atoms with van der Waals surface area (Å²) in [6, 6.07) is 8.32. The zero-order valence-electron chi connectivity index (χ0n) is 12.2. The maximum atomic E-state index is 11.3. The second-order valence-corrected chi connectivity index (χ2v) is 5.48. The zero-order chi connectivity index (χ0) is 14.3. The number of nitrogens with one attached hydrogen (secondary N) is 1. The van der Waals surface area contributed by atoms with Crippen LogP contribution in [0.2, 0.25) is 0 Å². The van der Waals surface area contributed by atoms with Crippen LogP contribution >= 0.6 is 0 Å². The van der Waals surface area contributed by atoms with E-state index in [2.05, 4.69) is 36.5 Å². The Hall–Kier alpha value is -1.55. The lowest BCUT2D eigenvalue weighted by Gasteiger charge is -2.18. The molecule has 0 amide bonds. The van der Waals surface area contributed by atoms with Crippen LogP contribution < -0.4 is 5.32 Å². The van der Waals surface area contributed by atoms with Crippen LogP contribution in [0.5, 0.6) is 0 Å². The maximum Gasteiger partial charge on any atom is 0.508 e. The van der Waals surface area contributed by atoms with Gasteiger partial charge < -0.3 is 14.8 Å². The average molecular weight is 265 g/mol. The van der Waals surface area contributed by atoms with E-state index in [1.54, 1.807) is 0 Å². The molecular weight excluding hydrogens is 242 g/mol. The molecule has 4 heteroatoms. The van der Waals surface area contributed by atoms with Crippen molar-refractivity contribution in [1.29, 1.82) is 0 Å². The Balaban J connectivity index is 2.11. The van der Waals surface area contributed by atoms with Gasteiger partial charge in [-0.05, 0) is 33.3 Å². The van der Waals surface area contributed by atoms with E-state index in [1.165, 1.54) is 11.1 Å². The normalized spacial score (nSPS) is 11.2. The molecule has 1 aromatic carbocycles. The Bertz CT molecular complexity index is 393. The minimum atomic E-state index is -0.621. The first-order valence-electron chi connectivity index (χ1n) is 6.49. The summed E-state index contributed by atoms with van der Waals surface area (Å²) in [6.07, 6.45) is -0.621. The van der Waals surface area contributed by atoms with Crippen molar-refractivity contribution in [3.63, 3.8) is 0 Å². The predicted octanol–water partition coefficient (Wildman–Crippen LogP) is 3.04. The van der Waals surface area contributed by atoms with Gasteiger partial charge in [-0.2, -0.15) is 0 Å². The first-order valence-corrected chi connectivity index (χ1v) is 6.49. The van der Waals surface area contributed by atoms with E-state index in [9.17, 15) is 4.79 Å². The number of hydrogen-bond donors (Lipinski definition) is 1. The topological polar surface area (TPSA) is 47.6 Å². The van der Waals surface area contributed by atoms with Crippen LogP contribution in [-0.2, 0) is 16.0 Å². The average Bonchev–Trinajstić information content (AvgIpc) is 2.29. The van der Waals surface area contributed by atoms with Gasteiger partial charge in [0.05, 0.1) is 0 Å². The van der Waals surface area contributed by atoms with Gasteiger partial charge in [0.2, 0.25) is 0 Å². The summed E-state index contributed by atoms with van der Waals surface area (Å²) in [5.74, 6) is 0. The van der Waals surface area contributed by atoms with Crippen LogP contribution in [0.15, 0.2) is 24.3 Å². The van der Waals surface area contributed by atoms with Crippen molar-refractivity contribution in [3.8, 4) is 0 Å². The third-order valence-electron chi connectivity index (χ3n) is 2.34. The molecule has 0 bridgehead atoms. The molecule has 0 aromatic heterocycles. The van der Waals surface area contributed by atoms with Crippen LogP contribution in [-0.4, -0.2) is 24.9 Å². The van der Waals surface area contributed by atoms with Crippen LogP contribution in [0.25, 0.3) is 0 Å². The molecule has 19 heavy (non-hydrogen) atoms. The molecular formula is C15H23NO3. The summed E-state index contributed by atoms with van der Waals surface area (Å²) in [4.78, 5) is 11.3. The van der Waals surface area contributed by atoms with Crippen LogP contribution in [0.4, 0.5) is 4.79 Å². The number of benzene rings is 1. The molecule has 0 aliphatic carbocycles. The van der Waals surface area contributed by atoms with Gasteiger partial charge in [-0.1, -0.05) is 29.8 Å². The number of hydrogen-bond acceptors (Lipinski definition) is 4. The smallest absolute Gasteiger partial charge is 0.433 e. The van der Waals surface area contributed by atoms with Gasteiger partial charge in [0.25, 0.3) is 0 Å². The first kappa shape index (κ1) is 15.5. The van der Waals surface area contributed by atoms with Crippen molar-refractivity contribution < 1.29 is 14.3 Å². The highest BCUT2D eigenvalue weighted by molar-refractivity contribution is 5.60. The fraction of sp³-hybridized carbons (Fsp3) is 0.533. The fourth-order valence-corrected chi connectivity index (χ4v) is 1.42. The highest BCUT2D eigenvalue weighted by atomic mass is 16.7. The Labute approximate surface area is 115 Å². The number of rotatable bonds is 5. The molecule has 0 saturated heterocycles. The van der Waals surface area contributed by atoms with Crippen LogP contribution in [0.1, 0.15) is 31.9 Å². The van der Waals surface area contributed by atoms with Gasteiger partial charge in [-0.3, -0.25) is 0 Å². The predicted molar refractivity (Wildman–Crippen MR) is 75.1 cm³/mol.